The van der Waals surface area contributed by atoms with Gasteiger partial charge in [0.15, 0.2) is 6.29 Å². The molecule has 0 amide bonds. The molecule has 55 heavy (non-hydrogen) atoms. The fraction of sp³-hybridized carbons (Fsp3) is 0.689. The van der Waals surface area contributed by atoms with E-state index >= 15 is 0 Å². The summed E-state index contributed by atoms with van der Waals surface area (Å²) in [4.78, 5) is 26.4. The molecule has 0 bridgehead atoms. The van der Waals surface area contributed by atoms with E-state index < -0.39 is 61.5 Å². The van der Waals surface area contributed by atoms with Gasteiger partial charge in [0.1, 0.15) is 30.5 Å². The molecular formula is C45H74O10. The average molecular weight is 775 g/mol. The molecule has 2 unspecified atom stereocenters. The van der Waals surface area contributed by atoms with Crippen LogP contribution in [0.25, 0.3) is 0 Å². The Hall–Kier alpha value is -2.86. The van der Waals surface area contributed by atoms with E-state index in [1.54, 1.807) is 0 Å². The van der Waals surface area contributed by atoms with Crippen molar-refractivity contribution in [3.8, 4) is 0 Å². The number of ether oxygens (including phenoxy) is 4. The fourth-order valence-electron chi connectivity index (χ4n) is 5.90. The van der Waals surface area contributed by atoms with Crippen molar-refractivity contribution in [3.05, 3.63) is 72.9 Å². The standard InChI is InChI=1S/C45H74O10/c1-4-7-9-11-13-15-17-19-20-22-24-26-28-30-32-34-39(47)55-43(44(51)52-35-6-3)37(53-45-42(50)41(49)40(48)38(36-46)54-45)33-31-29-27-25-23-21-18-16-14-12-10-8-5-2/h7-10,13-16,19-21,23,37-38,40-43,45-46,48-50H,4-6,11-12,17-18,22,24-36H2,1-3H3/b9-7+,10-8-,15-13+,16-14-,20-19+,23-21-/t37?,38-,40-,41+,42-,43?,45+/m1/s1. The first-order chi connectivity index (χ1) is 26.8. The summed E-state index contributed by atoms with van der Waals surface area (Å²) in [6, 6.07) is 0. The number of unbranched alkanes of at least 4 members (excludes halogenated alkanes) is 8. The van der Waals surface area contributed by atoms with Gasteiger partial charge in [-0.3, -0.25) is 4.79 Å². The van der Waals surface area contributed by atoms with E-state index in [1.807, 2.05) is 6.92 Å². The predicted molar refractivity (Wildman–Crippen MR) is 219 cm³/mol. The molecule has 4 N–H and O–H groups in total. The summed E-state index contributed by atoms with van der Waals surface area (Å²) in [7, 11) is 0. The lowest BCUT2D eigenvalue weighted by molar-refractivity contribution is -0.317. The maximum absolute atomic E-state index is 13.3. The van der Waals surface area contributed by atoms with Crippen LogP contribution in [0.4, 0.5) is 0 Å². The second-order valence-corrected chi connectivity index (χ2v) is 14.0. The van der Waals surface area contributed by atoms with Crippen LogP contribution in [0, 0.1) is 0 Å². The molecule has 1 saturated heterocycles. The number of rotatable bonds is 32. The highest BCUT2D eigenvalue weighted by molar-refractivity contribution is 5.80. The Bertz CT molecular complexity index is 1140. The molecule has 0 aromatic heterocycles. The van der Waals surface area contributed by atoms with Crippen LogP contribution in [-0.4, -0.2) is 88.5 Å². The molecule has 314 valence electrons. The van der Waals surface area contributed by atoms with Crippen LogP contribution in [-0.2, 0) is 28.5 Å². The van der Waals surface area contributed by atoms with Crippen molar-refractivity contribution in [2.24, 2.45) is 0 Å². The Labute approximate surface area is 332 Å². The third-order valence-corrected chi connectivity index (χ3v) is 9.11. The van der Waals surface area contributed by atoms with Gasteiger partial charge in [-0.25, -0.2) is 4.79 Å². The maximum atomic E-state index is 13.3. The van der Waals surface area contributed by atoms with Crippen molar-refractivity contribution in [1.82, 2.24) is 0 Å². The molecule has 0 saturated carbocycles. The van der Waals surface area contributed by atoms with E-state index in [0.717, 1.165) is 89.9 Å². The minimum Gasteiger partial charge on any atom is -0.463 e. The van der Waals surface area contributed by atoms with Gasteiger partial charge in [-0.1, -0.05) is 126 Å². The van der Waals surface area contributed by atoms with Gasteiger partial charge in [-0.05, 0) is 83.5 Å². The summed E-state index contributed by atoms with van der Waals surface area (Å²) in [5.74, 6) is -1.31. The van der Waals surface area contributed by atoms with Gasteiger partial charge in [0.2, 0.25) is 6.10 Å². The van der Waals surface area contributed by atoms with Crippen molar-refractivity contribution < 1.29 is 49.0 Å². The van der Waals surface area contributed by atoms with Crippen LogP contribution in [0.2, 0.25) is 0 Å². The van der Waals surface area contributed by atoms with Crippen LogP contribution in [0.3, 0.4) is 0 Å². The highest BCUT2D eigenvalue weighted by atomic mass is 16.7. The molecule has 10 nitrogen and oxygen atoms in total. The van der Waals surface area contributed by atoms with Crippen LogP contribution in [0.15, 0.2) is 72.9 Å². The van der Waals surface area contributed by atoms with Crippen LogP contribution >= 0.6 is 0 Å². The van der Waals surface area contributed by atoms with Crippen LogP contribution < -0.4 is 0 Å². The molecule has 0 aromatic rings. The number of hydrogen-bond acceptors (Lipinski definition) is 10. The highest BCUT2D eigenvalue weighted by Gasteiger charge is 2.46. The molecule has 0 aromatic carbocycles. The molecule has 10 heteroatoms. The van der Waals surface area contributed by atoms with Gasteiger partial charge < -0.3 is 39.4 Å². The SMILES string of the molecule is CC/C=C\C/C=C\C/C=C\CCCCCC(O[C@H]1O[C@H](CO)[C@@H](O)[C@H](O)[C@H]1O)C(OC(=O)CCCCCCC/C=C/C/C=C/C/C=C/CC)C(=O)OCCC. The maximum Gasteiger partial charge on any atom is 0.350 e. The smallest absolute Gasteiger partial charge is 0.350 e. The highest BCUT2D eigenvalue weighted by Crippen LogP contribution is 2.27. The molecule has 1 fully saturated rings. The van der Waals surface area contributed by atoms with Crippen LogP contribution in [0.5, 0.6) is 0 Å². The van der Waals surface area contributed by atoms with Crippen molar-refractivity contribution >= 4 is 11.9 Å². The number of esters is 2. The summed E-state index contributed by atoms with van der Waals surface area (Å²) in [6.07, 6.45) is 31.5. The Morgan fingerprint density at radius 3 is 1.69 bits per heavy atom. The molecular weight excluding hydrogens is 700 g/mol. The Kier molecular flexibility index (Phi) is 31.4. The van der Waals surface area contributed by atoms with E-state index in [4.69, 9.17) is 18.9 Å². The molecule has 0 aliphatic carbocycles. The van der Waals surface area contributed by atoms with Gasteiger partial charge in [-0.15, -0.1) is 0 Å². The molecule has 1 heterocycles. The number of carbonyl (C=O) groups excluding carboxylic acids is 2. The molecule has 1 rings (SSSR count). The Morgan fingerprint density at radius 2 is 1.15 bits per heavy atom. The molecule has 1 aliphatic heterocycles. The number of aliphatic hydroxyl groups is 4. The number of allylic oxidation sites excluding steroid dienone is 12. The van der Waals surface area contributed by atoms with Crippen LogP contribution in [0.1, 0.15) is 143 Å². The fourth-order valence-corrected chi connectivity index (χ4v) is 5.90. The van der Waals surface area contributed by atoms with E-state index in [1.165, 1.54) is 0 Å². The summed E-state index contributed by atoms with van der Waals surface area (Å²) in [5.41, 5.74) is 0. The van der Waals surface area contributed by atoms with Crippen molar-refractivity contribution in [2.75, 3.05) is 13.2 Å². The monoisotopic (exact) mass is 775 g/mol. The zero-order valence-electron chi connectivity index (χ0n) is 34.1. The minimum atomic E-state index is -1.67. The number of carbonyl (C=O) groups is 2. The third-order valence-electron chi connectivity index (χ3n) is 9.11. The van der Waals surface area contributed by atoms with Crippen molar-refractivity contribution in [1.29, 1.82) is 0 Å². The van der Waals surface area contributed by atoms with Gasteiger partial charge in [0.05, 0.1) is 13.2 Å². The number of hydrogen-bond donors (Lipinski definition) is 4. The zero-order chi connectivity index (χ0) is 40.4. The lowest BCUT2D eigenvalue weighted by Gasteiger charge is -2.41. The molecule has 1 aliphatic rings. The molecule has 0 radical (unpaired) electrons. The Morgan fingerprint density at radius 1 is 0.636 bits per heavy atom. The first-order valence-corrected chi connectivity index (χ1v) is 21.0. The lowest BCUT2D eigenvalue weighted by Crippen LogP contribution is -2.60. The van der Waals surface area contributed by atoms with E-state index in [-0.39, 0.29) is 19.4 Å². The summed E-state index contributed by atoms with van der Waals surface area (Å²) in [6.45, 7) is 5.60. The minimum absolute atomic E-state index is 0.124. The molecule has 7 atom stereocenters. The summed E-state index contributed by atoms with van der Waals surface area (Å²) < 4.78 is 22.9. The normalized spacial score (nSPS) is 21.9. The average Bonchev–Trinajstić information content (AvgIpc) is 3.18. The topological polar surface area (TPSA) is 152 Å². The van der Waals surface area contributed by atoms with E-state index in [0.29, 0.717) is 19.3 Å². The van der Waals surface area contributed by atoms with Gasteiger partial charge in [0, 0.05) is 6.42 Å². The van der Waals surface area contributed by atoms with Gasteiger partial charge in [0.25, 0.3) is 0 Å². The lowest BCUT2D eigenvalue weighted by atomic mass is 9.98. The van der Waals surface area contributed by atoms with Gasteiger partial charge in [-0.2, -0.15) is 0 Å². The van der Waals surface area contributed by atoms with E-state index in [2.05, 4.69) is 86.8 Å². The first kappa shape index (κ1) is 50.2. The van der Waals surface area contributed by atoms with Crippen molar-refractivity contribution in [2.45, 2.75) is 186 Å². The quantitative estimate of drug-likeness (QED) is 0.0298. The van der Waals surface area contributed by atoms with E-state index in [9.17, 15) is 30.0 Å². The van der Waals surface area contributed by atoms with Gasteiger partial charge >= 0.3 is 11.9 Å². The summed E-state index contributed by atoms with van der Waals surface area (Å²) in [5, 5.41) is 41.1. The first-order valence-electron chi connectivity index (χ1n) is 21.0. The second-order valence-electron chi connectivity index (χ2n) is 14.0. The largest absolute Gasteiger partial charge is 0.463 e. The third kappa shape index (κ3) is 24.4. The number of aliphatic hydroxyl groups excluding tert-OH is 4. The second kappa shape index (κ2) is 34.4. The Balaban J connectivity index is 2.76. The predicted octanol–water partition coefficient (Wildman–Crippen LogP) is 8.44. The zero-order valence-corrected chi connectivity index (χ0v) is 34.1. The summed E-state index contributed by atoms with van der Waals surface area (Å²) >= 11 is 0. The molecule has 0 spiro atoms. The van der Waals surface area contributed by atoms with Crippen molar-refractivity contribution in [3.63, 3.8) is 0 Å².